The summed E-state index contributed by atoms with van der Waals surface area (Å²) in [7, 11) is 2.99. The number of hydrogen-bond acceptors (Lipinski definition) is 11. The van der Waals surface area contributed by atoms with Gasteiger partial charge in [-0.3, -0.25) is 39.4 Å². The predicted octanol–water partition coefficient (Wildman–Crippen LogP) is 6.41. The Morgan fingerprint density at radius 3 is 1.16 bits per heavy atom. The Balaban J connectivity index is 1.42. The van der Waals surface area contributed by atoms with Crippen LogP contribution in [-0.2, 0) is 19.2 Å². The summed E-state index contributed by atoms with van der Waals surface area (Å²) < 4.78 is 10.7. The maximum absolute atomic E-state index is 13.3. The molecule has 17 heteroatoms. The van der Waals surface area contributed by atoms with Crippen LogP contribution in [0.1, 0.15) is 25.0 Å². The number of ether oxygens (including phenoxy) is 2. The lowest BCUT2D eigenvalue weighted by molar-refractivity contribution is -0.387. The van der Waals surface area contributed by atoms with Gasteiger partial charge in [0.1, 0.15) is 11.5 Å². The Kier molecular flexibility index (Phi) is 13.8. The average Bonchev–Trinajstić information content (AvgIpc) is 3.27. The first-order valence-corrected chi connectivity index (χ1v) is 20.2. The van der Waals surface area contributed by atoms with Crippen molar-refractivity contribution in [1.82, 2.24) is 19.6 Å². The van der Waals surface area contributed by atoms with Crippen LogP contribution in [0.3, 0.4) is 0 Å². The first-order valence-electron chi connectivity index (χ1n) is 19.3. The number of benzene rings is 4. The first kappa shape index (κ1) is 43.6. The van der Waals surface area contributed by atoms with Crippen LogP contribution in [0, 0.1) is 20.2 Å². The zero-order valence-corrected chi connectivity index (χ0v) is 34.9. The Hall–Kier alpha value is -7.01. The van der Waals surface area contributed by atoms with E-state index in [1.54, 1.807) is 80.3 Å². The van der Waals surface area contributed by atoms with E-state index in [1.807, 2.05) is 0 Å². The van der Waals surface area contributed by atoms with E-state index >= 15 is 0 Å². The van der Waals surface area contributed by atoms with Gasteiger partial charge in [0.25, 0.3) is 11.4 Å². The fraction of sp³-hybridized carbons (Fsp3) is 0.273. The van der Waals surface area contributed by atoms with Gasteiger partial charge in [0.2, 0.25) is 23.6 Å². The summed E-state index contributed by atoms with van der Waals surface area (Å²) in [4.78, 5) is 82.1. The molecule has 2 fully saturated rings. The molecule has 16 nitrogen and oxygen atoms in total. The molecule has 0 aliphatic carbocycles. The Morgan fingerprint density at radius 2 is 0.869 bits per heavy atom. The van der Waals surface area contributed by atoms with E-state index in [0.29, 0.717) is 86.1 Å². The van der Waals surface area contributed by atoms with E-state index in [9.17, 15) is 39.4 Å². The molecule has 0 unspecified atom stereocenters. The number of carbonyl (C=O) groups excluding carboxylic acids is 4. The molecule has 0 saturated carbocycles. The minimum absolute atomic E-state index is 0.0724. The van der Waals surface area contributed by atoms with E-state index in [1.165, 1.54) is 64.5 Å². The fourth-order valence-corrected chi connectivity index (χ4v) is 8.29. The summed E-state index contributed by atoms with van der Waals surface area (Å²) in [5, 5.41) is 26.3. The second-order valence-corrected chi connectivity index (χ2v) is 15.2. The van der Waals surface area contributed by atoms with Gasteiger partial charge in [0.15, 0.2) is 0 Å². The van der Waals surface area contributed by atoms with Crippen molar-refractivity contribution >= 4 is 58.9 Å². The van der Waals surface area contributed by atoms with Crippen molar-refractivity contribution in [2.24, 2.45) is 0 Å². The topological polar surface area (TPSA) is 186 Å². The van der Waals surface area contributed by atoms with E-state index in [2.05, 4.69) is 0 Å². The SMILES string of the molecule is COc1ccc(-c2c(C=CC(=O)N3CCN(C(C)=O)CC3)ccc(Sc3ccc(C=CC(=O)N4CCN(C(C)=O)CC4)c(-c4ccc(OC)cc4)c3[N+](=O)[O-])c2[N+](=O)[O-])cc1. The van der Waals surface area contributed by atoms with Gasteiger partial charge < -0.3 is 29.1 Å². The molecule has 2 aliphatic heterocycles. The Labute approximate surface area is 356 Å². The third-order valence-electron chi connectivity index (χ3n) is 10.6. The molecule has 0 N–H and O–H groups in total. The summed E-state index contributed by atoms with van der Waals surface area (Å²) in [6.45, 7) is 5.89. The van der Waals surface area contributed by atoms with E-state index in [0.717, 1.165) is 11.8 Å². The average molecular weight is 849 g/mol. The fourth-order valence-electron chi connectivity index (χ4n) is 7.24. The highest BCUT2D eigenvalue weighted by Gasteiger charge is 2.30. The van der Waals surface area contributed by atoms with E-state index in [4.69, 9.17) is 9.47 Å². The lowest BCUT2D eigenvalue weighted by Gasteiger charge is -2.33. The second kappa shape index (κ2) is 19.4. The van der Waals surface area contributed by atoms with Crippen LogP contribution in [-0.4, -0.2) is 120 Å². The predicted molar refractivity (Wildman–Crippen MR) is 230 cm³/mol. The van der Waals surface area contributed by atoms with Gasteiger partial charge in [-0.25, -0.2) is 0 Å². The van der Waals surface area contributed by atoms with Crippen molar-refractivity contribution in [3.8, 4) is 33.8 Å². The largest absolute Gasteiger partial charge is 0.497 e. The Bertz CT molecular complexity index is 2240. The third kappa shape index (κ3) is 10.1. The normalized spacial score (nSPS) is 14.4. The molecule has 0 aromatic heterocycles. The maximum atomic E-state index is 13.3. The van der Waals surface area contributed by atoms with Gasteiger partial charge in [-0.1, -0.05) is 48.2 Å². The molecular formula is C44H44N6O10S. The summed E-state index contributed by atoms with van der Waals surface area (Å²) in [6, 6.07) is 19.5. The van der Waals surface area contributed by atoms with Crippen molar-refractivity contribution in [1.29, 1.82) is 0 Å². The quantitative estimate of drug-likeness (QED) is 0.0871. The number of nitro benzene ring substituents is 2. The van der Waals surface area contributed by atoms with E-state index in [-0.39, 0.29) is 55.9 Å². The summed E-state index contributed by atoms with van der Waals surface area (Å²) in [6.07, 6.45) is 5.71. The smallest absolute Gasteiger partial charge is 0.291 e. The van der Waals surface area contributed by atoms with Gasteiger partial charge in [-0.15, -0.1) is 0 Å². The third-order valence-corrected chi connectivity index (χ3v) is 11.7. The molecule has 2 aliphatic rings. The highest BCUT2D eigenvalue weighted by atomic mass is 32.2. The van der Waals surface area contributed by atoms with Crippen LogP contribution in [0.5, 0.6) is 11.5 Å². The molecular weight excluding hydrogens is 805 g/mol. The molecule has 6 rings (SSSR count). The van der Waals surface area contributed by atoms with Gasteiger partial charge >= 0.3 is 0 Å². The highest BCUT2D eigenvalue weighted by molar-refractivity contribution is 7.99. The molecule has 4 aromatic rings. The zero-order chi connectivity index (χ0) is 43.8. The van der Waals surface area contributed by atoms with Gasteiger partial charge in [0.05, 0.1) is 45.0 Å². The Morgan fingerprint density at radius 1 is 0.541 bits per heavy atom. The molecule has 2 saturated heterocycles. The summed E-state index contributed by atoms with van der Waals surface area (Å²) in [5.74, 6) is 0.244. The molecule has 4 amide bonds. The molecule has 0 atom stereocenters. The second-order valence-electron chi connectivity index (χ2n) is 14.2. The number of nitro groups is 2. The monoisotopic (exact) mass is 848 g/mol. The van der Waals surface area contributed by atoms with Crippen LogP contribution in [0.15, 0.2) is 94.7 Å². The van der Waals surface area contributed by atoms with Gasteiger partial charge in [-0.05, 0) is 70.8 Å². The van der Waals surface area contributed by atoms with Crippen LogP contribution < -0.4 is 9.47 Å². The number of hydrogen-bond donors (Lipinski definition) is 0. The number of carbonyl (C=O) groups is 4. The molecule has 0 radical (unpaired) electrons. The lowest BCUT2D eigenvalue weighted by Crippen LogP contribution is -2.49. The molecule has 61 heavy (non-hydrogen) atoms. The van der Waals surface area contributed by atoms with Crippen LogP contribution in [0.25, 0.3) is 34.4 Å². The summed E-state index contributed by atoms with van der Waals surface area (Å²) >= 11 is 0.851. The first-order chi connectivity index (χ1) is 29.3. The number of rotatable bonds is 12. The van der Waals surface area contributed by atoms with Crippen molar-refractivity contribution in [2.75, 3.05) is 66.6 Å². The van der Waals surface area contributed by atoms with Crippen molar-refractivity contribution in [3.05, 3.63) is 116 Å². The highest BCUT2D eigenvalue weighted by Crippen LogP contribution is 2.48. The zero-order valence-electron chi connectivity index (χ0n) is 34.1. The molecule has 2 heterocycles. The van der Waals surface area contributed by atoms with E-state index < -0.39 is 9.85 Å². The lowest BCUT2D eigenvalue weighted by atomic mass is 9.97. The van der Waals surface area contributed by atoms with Crippen molar-refractivity contribution in [2.45, 2.75) is 23.6 Å². The molecule has 0 bridgehead atoms. The number of amides is 4. The number of piperazine rings is 2. The maximum Gasteiger partial charge on any atom is 0.291 e. The minimum atomic E-state index is -0.544. The molecule has 316 valence electrons. The van der Waals surface area contributed by atoms with Crippen molar-refractivity contribution in [3.63, 3.8) is 0 Å². The standard InChI is InChI=1S/C44H44N6O10S/c1-29(51)45-21-25-47(26-22-45)39(53)19-11-33-9-17-37(43(49(55)56)41(33)31-5-13-35(59-3)14-6-31)61-38-18-10-34(12-20-40(54)48-27-23-46(24-28-48)30(2)52)42(44(38)50(57)58)32-7-15-36(60-4)16-8-32/h5-20H,21-28H2,1-4H3. The molecule has 0 spiro atoms. The minimum Gasteiger partial charge on any atom is -0.497 e. The molecule has 4 aromatic carbocycles. The van der Waals surface area contributed by atoms with Gasteiger partial charge in [0, 0.05) is 78.4 Å². The van der Waals surface area contributed by atoms with Crippen LogP contribution >= 0.6 is 11.8 Å². The van der Waals surface area contributed by atoms with Gasteiger partial charge in [-0.2, -0.15) is 0 Å². The van der Waals surface area contributed by atoms with Crippen molar-refractivity contribution < 1.29 is 38.5 Å². The number of nitrogens with zero attached hydrogens (tertiary/aromatic N) is 6. The van der Waals surface area contributed by atoms with Crippen LogP contribution in [0.4, 0.5) is 11.4 Å². The summed E-state index contributed by atoms with van der Waals surface area (Å²) in [5.41, 5.74) is 1.30. The van der Waals surface area contributed by atoms with Crippen LogP contribution in [0.2, 0.25) is 0 Å². The number of methoxy groups -OCH3 is 2.